The number of benzene rings is 2. The molecule has 0 spiro atoms. The van der Waals surface area contributed by atoms with Gasteiger partial charge < -0.3 is 4.90 Å². The molecule has 1 aliphatic rings. The summed E-state index contributed by atoms with van der Waals surface area (Å²) in [6.45, 7) is 3.79. The Kier molecular flexibility index (Phi) is 7.80. The minimum Gasteiger partial charge on any atom is -0.305 e. The highest BCUT2D eigenvalue weighted by Crippen LogP contribution is 2.35. The first-order valence-electron chi connectivity index (χ1n) is 11.5. The zero-order valence-electron chi connectivity index (χ0n) is 19.9. The van der Waals surface area contributed by atoms with Crippen LogP contribution in [0.1, 0.15) is 30.0 Å². The number of halogens is 4. The summed E-state index contributed by atoms with van der Waals surface area (Å²) in [5.41, 5.74) is -0.0459. The lowest BCUT2D eigenvalue weighted by molar-refractivity contribution is -0.138. The molecule has 0 aliphatic carbocycles. The van der Waals surface area contributed by atoms with Crippen LogP contribution in [-0.4, -0.2) is 58.3 Å². The van der Waals surface area contributed by atoms with E-state index in [2.05, 4.69) is 9.88 Å². The molecular formula is C25H28ClF3N4OS. The first kappa shape index (κ1) is 26.0. The fraction of sp³-hybridized carbons (Fsp3) is 0.440. The summed E-state index contributed by atoms with van der Waals surface area (Å²) in [5, 5.41) is 0.493. The predicted octanol–water partition coefficient (Wildman–Crippen LogP) is 5.36. The zero-order chi connectivity index (χ0) is 25.3. The van der Waals surface area contributed by atoms with Crippen LogP contribution in [0, 0.1) is 0 Å². The summed E-state index contributed by atoms with van der Waals surface area (Å²) < 4.78 is 43.5. The number of fused-ring (bicyclic) bond motifs is 1. The van der Waals surface area contributed by atoms with Crippen molar-refractivity contribution in [3.63, 3.8) is 0 Å². The van der Waals surface area contributed by atoms with Gasteiger partial charge >= 0.3 is 6.18 Å². The average molecular weight is 525 g/mol. The molecule has 3 aromatic rings. The van der Waals surface area contributed by atoms with Gasteiger partial charge in [-0.1, -0.05) is 18.5 Å². The number of thioether (sulfide) groups is 1. The number of hydrogen-bond donors (Lipinski definition) is 0. The summed E-state index contributed by atoms with van der Waals surface area (Å²) in [6.07, 6.45) is -2.26. The number of rotatable bonds is 7. The molecule has 188 valence electrons. The second kappa shape index (κ2) is 10.5. The van der Waals surface area contributed by atoms with Gasteiger partial charge in [-0.15, -0.1) is 11.8 Å². The number of nitrogens with zero attached hydrogens (tertiary/aromatic N) is 4. The summed E-state index contributed by atoms with van der Waals surface area (Å²) >= 11 is 7.77. The minimum absolute atomic E-state index is 0.0390. The van der Waals surface area contributed by atoms with Crippen molar-refractivity contribution in [2.24, 2.45) is 0 Å². The Morgan fingerprint density at radius 2 is 1.94 bits per heavy atom. The van der Waals surface area contributed by atoms with Crippen molar-refractivity contribution >= 4 is 34.3 Å². The largest absolute Gasteiger partial charge is 0.416 e. The standard InChI is InChI=1S/C25H28ClF3N4OS/c1-4-35-23-6-5-18(26)9-17(23)13-33-15-30-22-10-16(12-32-8-7-19(14-32)31(2)3)21(25(27,28)29)11-20(22)24(33)34/h5-6,9-11,15,19H,4,7-8,12-14H2,1-3H3/t19-/m1/s1. The summed E-state index contributed by atoms with van der Waals surface area (Å²) in [4.78, 5) is 22.7. The Balaban J connectivity index is 1.71. The van der Waals surface area contributed by atoms with Gasteiger partial charge in [0, 0.05) is 35.6 Å². The Morgan fingerprint density at radius 1 is 1.17 bits per heavy atom. The highest BCUT2D eigenvalue weighted by molar-refractivity contribution is 7.99. The highest BCUT2D eigenvalue weighted by Gasteiger charge is 2.35. The van der Waals surface area contributed by atoms with E-state index in [-0.39, 0.29) is 29.6 Å². The van der Waals surface area contributed by atoms with Crippen molar-refractivity contribution in [3.05, 3.63) is 68.7 Å². The number of alkyl halides is 3. The van der Waals surface area contributed by atoms with Crippen molar-refractivity contribution in [1.82, 2.24) is 19.4 Å². The molecule has 2 heterocycles. The summed E-state index contributed by atoms with van der Waals surface area (Å²) in [5.74, 6) is 0.837. The van der Waals surface area contributed by atoms with E-state index < -0.39 is 17.3 Å². The van der Waals surface area contributed by atoms with Crippen molar-refractivity contribution < 1.29 is 13.2 Å². The topological polar surface area (TPSA) is 41.4 Å². The molecule has 0 bridgehead atoms. The van der Waals surface area contributed by atoms with Crippen molar-refractivity contribution in [2.75, 3.05) is 32.9 Å². The van der Waals surface area contributed by atoms with E-state index in [9.17, 15) is 18.0 Å². The second-order valence-corrected chi connectivity index (χ2v) is 10.8. The van der Waals surface area contributed by atoms with Gasteiger partial charge in [0.2, 0.25) is 0 Å². The Bertz CT molecular complexity index is 1280. The Hall–Kier alpha value is -2.07. The molecule has 1 fully saturated rings. The van der Waals surface area contributed by atoms with Crippen LogP contribution in [-0.2, 0) is 19.3 Å². The lowest BCUT2D eigenvalue weighted by Crippen LogP contribution is -2.31. The fourth-order valence-corrected chi connectivity index (χ4v) is 5.50. The number of hydrogen-bond acceptors (Lipinski definition) is 5. The van der Waals surface area contributed by atoms with E-state index in [0.29, 0.717) is 17.6 Å². The Labute approximate surface area is 211 Å². The van der Waals surface area contributed by atoms with Crippen molar-refractivity contribution in [3.8, 4) is 0 Å². The maximum Gasteiger partial charge on any atom is 0.416 e. The van der Waals surface area contributed by atoms with Crippen LogP contribution in [0.25, 0.3) is 10.9 Å². The molecule has 0 amide bonds. The van der Waals surface area contributed by atoms with E-state index in [1.165, 1.54) is 17.0 Å². The number of aromatic nitrogens is 2. The highest BCUT2D eigenvalue weighted by atomic mass is 35.5. The lowest BCUT2D eigenvalue weighted by Gasteiger charge is -2.22. The minimum atomic E-state index is -4.57. The average Bonchev–Trinajstić information content (AvgIpc) is 3.25. The van der Waals surface area contributed by atoms with Gasteiger partial charge in [-0.25, -0.2) is 4.98 Å². The smallest absolute Gasteiger partial charge is 0.305 e. The molecule has 1 aliphatic heterocycles. The van der Waals surface area contributed by atoms with Crippen LogP contribution in [0.15, 0.2) is 46.3 Å². The molecule has 2 aromatic carbocycles. The third-order valence-electron chi connectivity index (χ3n) is 6.39. The van der Waals surface area contributed by atoms with Crippen LogP contribution < -0.4 is 5.56 Å². The maximum atomic E-state index is 14.0. The molecule has 1 saturated heterocycles. The van der Waals surface area contributed by atoms with Gasteiger partial charge in [0.05, 0.1) is 29.3 Å². The third-order valence-corrected chi connectivity index (χ3v) is 7.62. The van der Waals surface area contributed by atoms with Gasteiger partial charge in [0.25, 0.3) is 5.56 Å². The SMILES string of the molecule is CCSc1ccc(Cl)cc1Cn1cnc2cc(CN3CC[C@@H](N(C)C)C3)c(C(F)(F)F)cc2c1=O. The van der Waals surface area contributed by atoms with E-state index >= 15 is 0 Å². The van der Waals surface area contributed by atoms with Gasteiger partial charge in [-0.2, -0.15) is 13.2 Å². The molecule has 0 saturated carbocycles. The van der Waals surface area contributed by atoms with Gasteiger partial charge in [-0.05, 0) is 67.7 Å². The molecule has 10 heteroatoms. The van der Waals surface area contributed by atoms with E-state index in [1.54, 1.807) is 23.9 Å². The summed E-state index contributed by atoms with van der Waals surface area (Å²) in [7, 11) is 3.96. The van der Waals surface area contributed by atoms with Gasteiger partial charge in [0.1, 0.15) is 0 Å². The van der Waals surface area contributed by atoms with Crippen molar-refractivity contribution in [2.45, 2.75) is 43.5 Å². The monoisotopic (exact) mass is 524 g/mol. The van der Waals surface area contributed by atoms with Gasteiger partial charge in [0.15, 0.2) is 0 Å². The molecule has 1 atom stereocenters. The van der Waals surface area contributed by atoms with E-state index in [1.807, 2.05) is 32.0 Å². The van der Waals surface area contributed by atoms with Crippen molar-refractivity contribution in [1.29, 1.82) is 0 Å². The molecule has 5 nitrogen and oxygen atoms in total. The third kappa shape index (κ3) is 5.85. The first-order valence-corrected chi connectivity index (χ1v) is 12.8. The van der Waals surface area contributed by atoms with Crippen LogP contribution >= 0.6 is 23.4 Å². The van der Waals surface area contributed by atoms with E-state index in [0.717, 1.165) is 35.2 Å². The molecule has 1 aromatic heterocycles. The lowest BCUT2D eigenvalue weighted by atomic mass is 10.0. The molecule has 0 unspecified atom stereocenters. The molecule has 35 heavy (non-hydrogen) atoms. The zero-order valence-corrected chi connectivity index (χ0v) is 21.5. The first-order chi connectivity index (χ1) is 16.6. The van der Waals surface area contributed by atoms with Crippen LogP contribution in [0.3, 0.4) is 0 Å². The maximum absolute atomic E-state index is 14.0. The van der Waals surface area contributed by atoms with Crippen LogP contribution in [0.4, 0.5) is 13.2 Å². The number of likely N-dealkylation sites (N-methyl/N-ethyl adjacent to an activating group) is 1. The molecule has 0 radical (unpaired) electrons. The number of likely N-dealkylation sites (tertiary alicyclic amines) is 1. The second-order valence-electron chi connectivity index (χ2n) is 9.03. The fourth-order valence-electron chi connectivity index (χ4n) is 4.53. The normalized spacial score (nSPS) is 17.1. The quantitative estimate of drug-likeness (QED) is 0.389. The van der Waals surface area contributed by atoms with Gasteiger partial charge in [-0.3, -0.25) is 14.3 Å². The summed E-state index contributed by atoms with van der Waals surface area (Å²) in [6, 6.07) is 8.15. The molecular weight excluding hydrogens is 497 g/mol. The van der Waals surface area contributed by atoms with Crippen LogP contribution in [0.5, 0.6) is 0 Å². The van der Waals surface area contributed by atoms with E-state index in [4.69, 9.17) is 11.6 Å². The predicted molar refractivity (Wildman–Crippen MR) is 135 cm³/mol. The molecule has 4 rings (SSSR count). The molecule has 0 N–H and O–H groups in total. The van der Waals surface area contributed by atoms with Crippen LogP contribution in [0.2, 0.25) is 5.02 Å². The Morgan fingerprint density at radius 3 is 2.60 bits per heavy atom.